The van der Waals surface area contributed by atoms with Crippen LogP contribution in [-0.2, 0) is 9.53 Å². The van der Waals surface area contributed by atoms with Crippen LogP contribution in [0.25, 0.3) is 0 Å². The molecule has 1 rings (SSSR count). The average Bonchev–Trinajstić information content (AvgIpc) is 2.35. The van der Waals surface area contributed by atoms with Crippen molar-refractivity contribution < 1.29 is 19.2 Å². The summed E-state index contributed by atoms with van der Waals surface area (Å²) in [5.74, 6) is -0.954. The minimum Gasteiger partial charge on any atom is -0.485 e. The lowest BCUT2D eigenvalue weighted by atomic mass is 10.2. The number of nitro benzene ring substituents is 1. The van der Waals surface area contributed by atoms with Crippen LogP contribution >= 0.6 is 27.5 Å². The number of benzene rings is 1. The number of carbonyl (C=O) groups excluding carboxylic acids is 1. The third-order valence-corrected chi connectivity index (χ3v) is 3.07. The first-order valence-electron chi connectivity index (χ1n) is 5.20. The Labute approximate surface area is 122 Å². The molecule has 0 saturated carbocycles. The van der Waals surface area contributed by atoms with Crippen molar-refractivity contribution in [3.05, 3.63) is 31.7 Å². The van der Waals surface area contributed by atoms with E-state index in [1.54, 1.807) is 6.92 Å². The van der Waals surface area contributed by atoms with E-state index in [0.717, 1.165) is 0 Å². The van der Waals surface area contributed by atoms with E-state index in [9.17, 15) is 14.9 Å². The fraction of sp³-hybridized carbons (Fsp3) is 0.364. The van der Waals surface area contributed by atoms with Gasteiger partial charge < -0.3 is 9.47 Å². The second kappa shape index (κ2) is 6.72. The predicted octanol–water partition coefficient (Wildman–Crippen LogP) is 3.20. The quantitative estimate of drug-likeness (QED) is 0.462. The van der Waals surface area contributed by atoms with Gasteiger partial charge in [0.1, 0.15) is 6.61 Å². The van der Waals surface area contributed by atoms with Gasteiger partial charge in [-0.3, -0.25) is 14.9 Å². The lowest BCUT2D eigenvalue weighted by molar-refractivity contribution is -0.386. The monoisotopic (exact) mass is 351 g/mol. The molecule has 0 spiro atoms. The largest absolute Gasteiger partial charge is 0.485 e. The van der Waals surface area contributed by atoms with E-state index in [1.807, 2.05) is 0 Å². The molecule has 1 aromatic carbocycles. The Morgan fingerprint density at radius 2 is 2.21 bits per heavy atom. The normalized spacial score (nSPS) is 11.8. The van der Waals surface area contributed by atoms with E-state index in [2.05, 4.69) is 20.7 Å². The van der Waals surface area contributed by atoms with Crippen molar-refractivity contribution in [2.75, 3.05) is 13.7 Å². The van der Waals surface area contributed by atoms with Crippen LogP contribution in [0.5, 0.6) is 5.75 Å². The molecular formula is C11H11BrClNO5. The molecule has 0 aliphatic heterocycles. The highest BCUT2D eigenvalue weighted by atomic mass is 79.9. The number of hydrogen-bond donors (Lipinski definition) is 0. The van der Waals surface area contributed by atoms with Gasteiger partial charge in [0.15, 0.2) is 0 Å². The molecule has 0 aromatic heterocycles. The van der Waals surface area contributed by atoms with Gasteiger partial charge in [0.05, 0.1) is 22.4 Å². The molecule has 0 aliphatic carbocycles. The van der Waals surface area contributed by atoms with Crippen molar-refractivity contribution >= 4 is 39.2 Å². The molecule has 0 aliphatic rings. The molecule has 0 bridgehead atoms. The molecular weight excluding hydrogens is 341 g/mol. The molecule has 0 heterocycles. The van der Waals surface area contributed by atoms with Crippen LogP contribution in [0.3, 0.4) is 0 Å². The first-order chi connectivity index (χ1) is 8.86. The van der Waals surface area contributed by atoms with Crippen molar-refractivity contribution in [3.63, 3.8) is 0 Å². The molecule has 1 aromatic rings. The molecule has 0 fully saturated rings. The topological polar surface area (TPSA) is 78.7 Å². The second-order valence-corrected chi connectivity index (χ2v) is 5.02. The van der Waals surface area contributed by atoms with Gasteiger partial charge in [-0.05, 0) is 28.9 Å². The highest BCUT2D eigenvalue weighted by molar-refractivity contribution is 9.10. The van der Waals surface area contributed by atoms with Gasteiger partial charge >= 0.3 is 11.7 Å². The number of hydrogen-bond acceptors (Lipinski definition) is 5. The number of esters is 1. The number of rotatable bonds is 5. The third kappa shape index (κ3) is 4.07. The lowest BCUT2D eigenvalue weighted by Gasteiger charge is -2.12. The van der Waals surface area contributed by atoms with E-state index < -0.39 is 16.8 Å². The first kappa shape index (κ1) is 15.7. The van der Waals surface area contributed by atoms with Gasteiger partial charge in [0.2, 0.25) is 5.75 Å². The summed E-state index contributed by atoms with van der Waals surface area (Å²) in [4.78, 5) is 21.5. The molecule has 1 atom stereocenters. The van der Waals surface area contributed by atoms with E-state index in [1.165, 1.54) is 19.2 Å². The highest BCUT2D eigenvalue weighted by Crippen LogP contribution is 2.38. The summed E-state index contributed by atoms with van der Waals surface area (Å²) in [5, 5.41) is 11.1. The Kier molecular flexibility index (Phi) is 5.56. The van der Waals surface area contributed by atoms with Gasteiger partial charge in [-0.15, -0.1) is 0 Å². The molecule has 0 N–H and O–H groups in total. The molecule has 8 heteroatoms. The summed E-state index contributed by atoms with van der Waals surface area (Å²) in [6, 6.07) is 2.66. The Hall–Kier alpha value is -1.34. The maximum Gasteiger partial charge on any atom is 0.313 e. The van der Waals surface area contributed by atoms with Crippen LogP contribution in [0.2, 0.25) is 5.02 Å². The number of halogens is 2. The standard InChI is InChI=1S/C11H11BrClNO5/c1-6(11(15)18-2)5-19-10-8(12)3-7(13)4-9(10)14(16)17/h3-4,6H,5H2,1-2H3. The minimum absolute atomic E-state index is 0.0325. The Morgan fingerprint density at radius 3 is 2.74 bits per heavy atom. The molecule has 104 valence electrons. The predicted molar refractivity (Wildman–Crippen MR) is 72.5 cm³/mol. The van der Waals surface area contributed by atoms with E-state index >= 15 is 0 Å². The first-order valence-corrected chi connectivity index (χ1v) is 6.38. The summed E-state index contributed by atoms with van der Waals surface area (Å²) in [5.41, 5.74) is -0.267. The summed E-state index contributed by atoms with van der Waals surface area (Å²) < 4.78 is 10.2. The number of nitro groups is 1. The summed E-state index contributed by atoms with van der Waals surface area (Å²) in [6.45, 7) is 1.56. The zero-order chi connectivity index (χ0) is 14.6. The Morgan fingerprint density at radius 1 is 1.58 bits per heavy atom. The van der Waals surface area contributed by atoms with Gasteiger partial charge in [0, 0.05) is 11.1 Å². The Bertz CT molecular complexity index is 508. The summed E-state index contributed by atoms with van der Waals surface area (Å²) >= 11 is 8.88. The van der Waals surface area contributed by atoms with Crippen LogP contribution < -0.4 is 4.74 Å². The summed E-state index contributed by atoms with van der Waals surface area (Å²) in [7, 11) is 1.26. The van der Waals surface area contributed by atoms with Gasteiger partial charge in [-0.25, -0.2) is 0 Å². The molecule has 0 radical (unpaired) electrons. The van der Waals surface area contributed by atoms with Crippen LogP contribution in [0.15, 0.2) is 16.6 Å². The average molecular weight is 353 g/mol. The van der Waals surface area contributed by atoms with Crippen LogP contribution in [0.4, 0.5) is 5.69 Å². The zero-order valence-corrected chi connectivity index (χ0v) is 12.5. The highest BCUT2D eigenvalue weighted by Gasteiger charge is 2.22. The van der Waals surface area contributed by atoms with Crippen LogP contribution in [0, 0.1) is 16.0 Å². The van der Waals surface area contributed by atoms with Crippen LogP contribution in [0.1, 0.15) is 6.92 Å². The number of ether oxygens (including phenoxy) is 2. The molecule has 1 unspecified atom stereocenters. The third-order valence-electron chi connectivity index (χ3n) is 2.27. The second-order valence-electron chi connectivity index (χ2n) is 3.73. The van der Waals surface area contributed by atoms with Gasteiger partial charge in [-0.2, -0.15) is 0 Å². The smallest absolute Gasteiger partial charge is 0.313 e. The molecule has 0 saturated heterocycles. The Balaban J connectivity index is 2.94. The van der Waals surface area contributed by atoms with E-state index in [0.29, 0.717) is 4.47 Å². The summed E-state index contributed by atoms with van der Waals surface area (Å²) in [6.07, 6.45) is 0. The van der Waals surface area contributed by atoms with Crippen molar-refractivity contribution in [1.82, 2.24) is 0 Å². The SMILES string of the molecule is COC(=O)C(C)COc1c(Br)cc(Cl)cc1[N+](=O)[O-]. The van der Waals surface area contributed by atoms with Crippen LogP contribution in [-0.4, -0.2) is 24.6 Å². The van der Waals surface area contributed by atoms with E-state index in [-0.39, 0.29) is 23.1 Å². The molecule has 0 amide bonds. The zero-order valence-electron chi connectivity index (χ0n) is 10.2. The fourth-order valence-corrected chi connectivity index (χ4v) is 2.21. The minimum atomic E-state index is -0.602. The lowest BCUT2D eigenvalue weighted by Crippen LogP contribution is -2.20. The van der Waals surface area contributed by atoms with Gasteiger partial charge in [-0.1, -0.05) is 11.6 Å². The van der Waals surface area contributed by atoms with Crippen molar-refractivity contribution in [1.29, 1.82) is 0 Å². The number of nitrogens with zero attached hydrogens (tertiary/aromatic N) is 1. The fourth-order valence-electron chi connectivity index (χ4n) is 1.30. The maximum atomic E-state index is 11.2. The molecule has 6 nitrogen and oxygen atoms in total. The van der Waals surface area contributed by atoms with E-state index in [4.69, 9.17) is 16.3 Å². The number of carbonyl (C=O) groups is 1. The van der Waals surface area contributed by atoms with Crippen molar-refractivity contribution in [3.8, 4) is 5.75 Å². The number of methoxy groups -OCH3 is 1. The molecule has 19 heavy (non-hydrogen) atoms. The van der Waals surface area contributed by atoms with Crippen molar-refractivity contribution in [2.45, 2.75) is 6.92 Å². The maximum absolute atomic E-state index is 11.2. The van der Waals surface area contributed by atoms with Crippen molar-refractivity contribution in [2.24, 2.45) is 5.92 Å². The van der Waals surface area contributed by atoms with Gasteiger partial charge in [0.25, 0.3) is 0 Å².